The largest absolute Gasteiger partial charge is 0.481 e. The van der Waals surface area contributed by atoms with Crippen LogP contribution < -0.4 is 5.32 Å². The number of benzene rings is 1. The molecule has 2 amide bonds. The van der Waals surface area contributed by atoms with Gasteiger partial charge in [0.25, 0.3) is 0 Å². The molecular formula is C21H32N4O3. The summed E-state index contributed by atoms with van der Waals surface area (Å²) in [6.07, 6.45) is 0.645. The van der Waals surface area contributed by atoms with Crippen LogP contribution in [0.3, 0.4) is 0 Å². The summed E-state index contributed by atoms with van der Waals surface area (Å²) in [5.74, 6) is -1.04. The van der Waals surface area contributed by atoms with Crippen molar-refractivity contribution in [2.75, 3.05) is 52.4 Å². The van der Waals surface area contributed by atoms with E-state index in [4.69, 9.17) is 0 Å². The molecule has 3 rings (SSSR count). The van der Waals surface area contributed by atoms with Gasteiger partial charge in [0.15, 0.2) is 0 Å². The predicted molar refractivity (Wildman–Crippen MR) is 108 cm³/mol. The van der Waals surface area contributed by atoms with Gasteiger partial charge in [-0.3, -0.25) is 14.6 Å². The van der Waals surface area contributed by atoms with E-state index in [1.54, 1.807) is 4.90 Å². The number of rotatable bonds is 6. The summed E-state index contributed by atoms with van der Waals surface area (Å²) in [6.45, 7) is 9.44. The molecule has 2 saturated heterocycles. The van der Waals surface area contributed by atoms with Gasteiger partial charge in [-0.1, -0.05) is 37.3 Å². The topological polar surface area (TPSA) is 76.1 Å². The fourth-order valence-corrected chi connectivity index (χ4v) is 4.14. The first-order valence-corrected chi connectivity index (χ1v) is 10.3. The van der Waals surface area contributed by atoms with E-state index in [0.717, 1.165) is 39.3 Å². The van der Waals surface area contributed by atoms with Gasteiger partial charge in [-0.05, 0) is 17.9 Å². The van der Waals surface area contributed by atoms with Crippen molar-refractivity contribution in [3.05, 3.63) is 35.9 Å². The molecule has 2 unspecified atom stereocenters. The smallest absolute Gasteiger partial charge is 0.317 e. The number of nitrogens with one attached hydrogen (secondary N) is 1. The van der Waals surface area contributed by atoms with Crippen LogP contribution in [0.5, 0.6) is 0 Å². The van der Waals surface area contributed by atoms with Crippen LogP contribution in [0.4, 0.5) is 4.79 Å². The van der Waals surface area contributed by atoms with E-state index in [1.807, 2.05) is 13.0 Å². The number of hydrogen-bond donors (Lipinski definition) is 2. The van der Waals surface area contributed by atoms with Crippen LogP contribution in [0.2, 0.25) is 0 Å². The molecule has 7 nitrogen and oxygen atoms in total. The van der Waals surface area contributed by atoms with Crippen molar-refractivity contribution in [3.8, 4) is 0 Å². The Hall–Kier alpha value is -2.12. The zero-order chi connectivity index (χ0) is 19.9. The average Bonchev–Trinajstić information content (AvgIpc) is 2.69. The van der Waals surface area contributed by atoms with Crippen molar-refractivity contribution < 1.29 is 14.7 Å². The number of carboxylic acids is 1. The molecule has 2 aliphatic heterocycles. The van der Waals surface area contributed by atoms with Gasteiger partial charge in [0, 0.05) is 58.9 Å². The molecule has 2 N–H and O–H groups in total. The summed E-state index contributed by atoms with van der Waals surface area (Å²) >= 11 is 0. The Bertz CT molecular complexity index is 646. The van der Waals surface area contributed by atoms with Gasteiger partial charge in [0.05, 0.1) is 5.92 Å². The SMILES string of the molecule is CC1CC(C(=O)O)CN(C(=O)NCCN2CCN(Cc3ccccc3)CC2)C1. The second kappa shape index (κ2) is 9.89. The van der Waals surface area contributed by atoms with E-state index in [0.29, 0.717) is 26.1 Å². The van der Waals surface area contributed by atoms with Gasteiger partial charge in [-0.25, -0.2) is 4.79 Å². The van der Waals surface area contributed by atoms with Gasteiger partial charge < -0.3 is 15.3 Å². The maximum atomic E-state index is 12.4. The maximum Gasteiger partial charge on any atom is 0.317 e. The van der Waals surface area contributed by atoms with Crippen LogP contribution in [0.25, 0.3) is 0 Å². The molecule has 0 bridgehead atoms. The van der Waals surface area contributed by atoms with E-state index < -0.39 is 11.9 Å². The maximum absolute atomic E-state index is 12.4. The van der Waals surface area contributed by atoms with E-state index in [1.165, 1.54) is 5.56 Å². The molecule has 2 fully saturated rings. The summed E-state index contributed by atoms with van der Waals surface area (Å²) in [7, 11) is 0. The number of carboxylic acid groups (broad SMARTS) is 1. The first-order chi connectivity index (χ1) is 13.5. The standard InChI is InChI=1S/C21H32N4O3/c1-17-13-19(20(26)27)16-25(14-17)21(28)22-7-8-23-9-11-24(12-10-23)15-18-5-3-2-4-6-18/h2-6,17,19H,7-16H2,1H3,(H,22,28)(H,26,27). The molecule has 0 aliphatic carbocycles. The number of piperidine rings is 1. The Morgan fingerprint density at radius 2 is 1.75 bits per heavy atom. The van der Waals surface area contributed by atoms with Crippen LogP contribution in [-0.2, 0) is 11.3 Å². The highest BCUT2D eigenvalue weighted by molar-refractivity contribution is 5.76. The van der Waals surface area contributed by atoms with Crippen molar-refractivity contribution in [2.24, 2.45) is 11.8 Å². The Balaban J connectivity index is 1.34. The van der Waals surface area contributed by atoms with Gasteiger partial charge in [0.1, 0.15) is 0 Å². The number of carbonyl (C=O) groups is 2. The lowest BCUT2D eigenvalue weighted by molar-refractivity contribution is -0.143. The number of urea groups is 1. The first-order valence-electron chi connectivity index (χ1n) is 10.3. The summed E-state index contributed by atoms with van der Waals surface area (Å²) < 4.78 is 0. The molecule has 2 aliphatic rings. The van der Waals surface area contributed by atoms with E-state index in [2.05, 4.69) is 39.4 Å². The third-order valence-electron chi connectivity index (χ3n) is 5.71. The summed E-state index contributed by atoms with van der Waals surface area (Å²) in [4.78, 5) is 30.2. The van der Waals surface area contributed by atoms with Crippen LogP contribution >= 0.6 is 0 Å². The molecular weight excluding hydrogens is 356 g/mol. The zero-order valence-electron chi connectivity index (χ0n) is 16.7. The lowest BCUT2D eigenvalue weighted by Crippen LogP contribution is -2.52. The summed E-state index contributed by atoms with van der Waals surface area (Å²) in [6, 6.07) is 10.4. The summed E-state index contributed by atoms with van der Waals surface area (Å²) in [5, 5.41) is 12.2. The number of amides is 2. The van der Waals surface area contributed by atoms with Gasteiger partial charge in [-0.15, -0.1) is 0 Å². The fraction of sp³-hybridized carbons (Fsp3) is 0.619. The van der Waals surface area contributed by atoms with Crippen LogP contribution in [-0.4, -0.2) is 84.2 Å². The van der Waals surface area contributed by atoms with Crippen LogP contribution in [0.15, 0.2) is 30.3 Å². The molecule has 0 radical (unpaired) electrons. The molecule has 28 heavy (non-hydrogen) atoms. The minimum Gasteiger partial charge on any atom is -0.481 e. The third kappa shape index (κ3) is 5.94. The minimum absolute atomic E-state index is 0.138. The van der Waals surface area contributed by atoms with Gasteiger partial charge in [0.2, 0.25) is 0 Å². The zero-order valence-corrected chi connectivity index (χ0v) is 16.7. The van der Waals surface area contributed by atoms with E-state index >= 15 is 0 Å². The average molecular weight is 389 g/mol. The van der Waals surface area contributed by atoms with Crippen molar-refractivity contribution in [1.29, 1.82) is 0 Å². The van der Waals surface area contributed by atoms with Gasteiger partial charge in [-0.2, -0.15) is 0 Å². The Morgan fingerprint density at radius 3 is 2.43 bits per heavy atom. The lowest BCUT2D eigenvalue weighted by Gasteiger charge is -2.36. The second-order valence-electron chi connectivity index (χ2n) is 8.12. The number of carbonyl (C=O) groups excluding carboxylic acids is 1. The Kier molecular flexibility index (Phi) is 7.28. The predicted octanol–water partition coefficient (Wildman–Crippen LogP) is 1.56. The monoisotopic (exact) mass is 388 g/mol. The highest BCUT2D eigenvalue weighted by Crippen LogP contribution is 2.21. The Morgan fingerprint density at radius 1 is 1.07 bits per heavy atom. The number of piperazine rings is 1. The fourth-order valence-electron chi connectivity index (χ4n) is 4.14. The molecule has 1 aromatic carbocycles. The quantitative estimate of drug-likeness (QED) is 0.773. The van der Waals surface area contributed by atoms with Crippen molar-refractivity contribution in [1.82, 2.24) is 20.0 Å². The number of aliphatic carboxylic acids is 1. The molecule has 2 atom stereocenters. The normalized spacial score (nSPS) is 24.1. The molecule has 0 saturated carbocycles. The van der Waals surface area contributed by atoms with E-state index in [-0.39, 0.29) is 11.9 Å². The molecule has 2 heterocycles. The number of likely N-dealkylation sites (tertiary alicyclic amines) is 1. The molecule has 1 aromatic rings. The first kappa shape index (κ1) is 20.6. The van der Waals surface area contributed by atoms with Crippen LogP contribution in [0, 0.1) is 11.8 Å². The van der Waals surface area contributed by atoms with Crippen molar-refractivity contribution >= 4 is 12.0 Å². The van der Waals surface area contributed by atoms with Crippen LogP contribution in [0.1, 0.15) is 18.9 Å². The third-order valence-corrected chi connectivity index (χ3v) is 5.71. The lowest BCUT2D eigenvalue weighted by atomic mass is 9.91. The number of hydrogen-bond acceptors (Lipinski definition) is 4. The Labute approximate surface area is 167 Å². The molecule has 0 spiro atoms. The summed E-state index contributed by atoms with van der Waals surface area (Å²) in [5.41, 5.74) is 1.35. The highest BCUT2D eigenvalue weighted by atomic mass is 16.4. The van der Waals surface area contributed by atoms with Crippen molar-refractivity contribution in [2.45, 2.75) is 19.9 Å². The molecule has 0 aromatic heterocycles. The highest BCUT2D eigenvalue weighted by Gasteiger charge is 2.31. The van der Waals surface area contributed by atoms with E-state index in [9.17, 15) is 14.7 Å². The molecule has 154 valence electrons. The van der Waals surface area contributed by atoms with Gasteiger partial charge >= 0.3 is 12.0 Å². The molecule has 7 heteroatoms. The minimum atomic E-state index is -0.808. The number of nitrogens with zero attached hydrogens (tertiary/aromatic N) is 3. The second-order valence-corrected chi connectivity index (χ2v) is 8.12. The van der Waals surface area contributed by atoms with Crippen molar-refractivity contribution in [3.63, 3.8) is 0 Å².